The van der Waals surface area contributed by atoms with Gasteiger partial charge in [0.05, 0.1) is 12.2 Å². The first kappa shape index (κ1) is 16.4. The molecule has 1 heterocycles. The number of nitrogens with two attached hydrogens (primary N) is 1. The zero-order valence-electron chi connectivity index (χ0n) is 12.6. The smallest absolute Gasteiger partial charge is 0.323 e. The molecule has 8 heteroatoms. The standard InChI is InChI=1S/C12H24N6O2/c1-5-6-20-11-16-9(13)15-10(17-11)14-7-12(2,19)8-18(3)4/h19H,5-8H2,1-4H3,(H3,13,14,15,16,17). The second-order valence-corrected chi connectivity index (χ2v) is 5.24. The summed E-state index contributed by atoms with van der Waals surface area (Å²) in [5.41, 5.74) is 4.69. The van der Waals surface area contributed by atoms with Crippen molar-refractivity contribution in [2.45, 2.75) is 25.9 Å². The van der Waals surface area contributed by atoms with Crippen molar-refractivity contribution < 1.29 is 9.84 Å². The molecular formula is C12H24N6O2. The van der Waals surface area contributed by atoms with Crippen LogP contribution in [0.5, 0.6) is 6.01 Å². The summed E-state index contributed by atoms with van der Waals surface area (Å²) in [6, 6.07) is 0.189. The molecule has 0 fully saturated rings. The van der Waals surface area contributed by atoms with Gasteiger partial charge in [0.2, 0.25) is 11.9 Å². The zero-order valence-corrected chi connectivity index (χ0v) is 12.6. The lowest BCUT2D eigenvalue weighted by molar-refractivity contribution is 0.0458. The summed E-state index contributed by atoms with van der Waals surface area (Å²) in [4.78, 5) is 13.8. The largest absolute Gasteiger partial charge is 0.463 e. The average molecular weight is 284 g/mol. The van der Waals surface area contributed by atoms with E-state index in [-0.39, 0.29) is 12.0 Å². The Morgan fingerprint density at radius 3 is 2.65 bits per heavy atom. The van der Waals surface area contributed by atoms with E-state index in [0.717, 1.165) is 6.42 Å². The number of nitrogen functional groups attached to an aromatic ring is 1. The van der Waals surface area contributed by atoms with Gasteiger partial charge in [-0.1, -0.05) is 6.92 Å². The van der Waals surface area contributed by atoms with E-state index in [9.17, 15) is 5.11 Å². The number of hydrogen-bond acceptors (Lipinski definition) is 8. The fraction of sp³-hybridized carbons (Fsp3) is 0.750. The van der Waals surface area contributed by atoms with Gasteiger partial charge in [-0.2, -0.15) is 15.0 Å². The number of nitrogens with one attached hydrogen (secondary N) is 1. The highest BCUT2D eigenvalue weighted by Gasteiger charge is 2.21. The first-order valence-corrected chi connectivity index (χ1v) is 6.58. The van der Waals surface area contributed by atoms with Crippen molar-refractivity contribution >= 4 is 11.9 Å². The van der Waals surface area contributed by atoms with Crippen molar-refractivity contribution in [3.63, 3.8) is 0 Å². The Labute approximate surface area is 119 Å². The molecule has 1 atom stereocenters. The molecule has 8 nitrogen and oxygen atoms in total. The molecule has 0 saturated heterocycles. The average Bonchev–Trinajstić information content (AvgIpc) is 2.32. The minimum atomic E-state index is -0.907. The zero-order chi connectivity index (χ0) is 15.2. The quantitative estimate of drug-likeness (QED) is 0.610. The van der Waals surface area contributed by atoms with E-state index in [4.69, 9.17) is 10.5 Å². The minimum absolute atomic E-state index is 0.0841. The Morgan fingerprint density at radius 2 is 2.05 bits per heavy atom. The van der Waals surface area contributed by atoms with E-state index in [1.807, 2.05) is 25.9 Å². The van der Waals surface area contributed by atoms with Gasteiger partial charge < -0.3 is 25.8 Å². The van der Waals surface area contributed by atoms with Gasteiger partial charge in [0.1, 0.15) is 0 Å². The molecule has 0 aromatic carbocycles. The molecule has 1 rings (SSSR count). The molecule has 1 unspecified atom stereocenters. The van der Waals surface area contributed by atoms with E-state index in [0.29, 0.717) is 25.6 Å². The number of aliphatic hydroxyl groups is 1. The van der Waals surface area contributed by atoms with Crippen LogP contribution in [-0.4, -0.2) is 64.4 Å². The lowest BCUT2D eigenvalue weighted by Crippen LogP contribution is -2.43. The van der Waals surface area contributed by atoms with Gasteiger partial charge in [0, 0.05) is 13.1 Å². The summed E-state index contributed by atoms with van der Waals surface area (Å²) < 4.78 is 5.32. The number of likely N-dealkylation sites (N-methyl/N-ethyl adjacent to an activating group) is 1. The molecule has 0 aliphatic carbocycles. The Kier molecular flexibility index (Phi) is 5.90. The number of rotatable bonds is 8. The van der Waals surface area contributed by atoms with Crippen molar-refractivity contribution in [3.8, 4) is 6.01 Å². The highest BCUT2D eigenvalue weighted by molar-refractivity contribution is 5.32. The van der Waals surface area contributed by atoms with Crippen molar-refractivity contribution in [2.75, 3.05) is 44.8 Å². The predicted octanol–water partition coefficient (Wildman–Crippen LogP) is -0.0329. The Hall–Kier alpha value is -1.67. The minimum Gasteiger partial charge on any atom is -0.463 e. The maximum absolute atomic E-state index is 10.2. The number of nitrogens with zero attached hydrogens (tertiary/aromatic N) is 4. The molecule has 0 amide bonds. The molecule has 4 N–H and O–H groups in total. The number of aromatic nitrogens is 3. The Balaban J connectivity index is 2.65. The number of hydrogen-bond donors (Lipinski definition) is 3. The lowest BCUT2D eigenvalue weighted by atomic mass is 10.1. The van der Waals surface area contributed by atoms with Crippen molar-refractivity contribution in [1.82, 2.24) is 19.9 Å². The Bertz CT molecular complexity index is 424. The molecule has 1 aromatic rings. The monoisotopic (exact) mass is 284 g/mol. The van der Waals surface area contributed by atoms with Crippen LogP contribution in [-0.2, 0) is 0 Å². The fourth-order valence-electron chi connectivity index (χ4n) is 1.72. The lowest BCUT2D eigenvalue weighted by Gasteiger charge is -2.27. The molecule has 0 aliphatic rings. The number of anilines is 2. The van der Waals surface area contributed by atoms with Gasteiger partial charge in [-0.05, 0) is 27.4 Å². The molecule has 1 aromatic heterocycles. The van der Waals surface area contributed by atoms with Crippen LogP contribution in [0.1, 0.15) is 20.3 Å². The van der Waals surface area contributed by atoms with Crippen LogP contribution in [0.4, 0.5) is 11.9 Å². The molecular weight excluding hydrogens is 260 g/mol. The topological polar surface area (TPSA) is 109 Å². The van der Waals surface area contributed by atoms with Crippen LogP contribution in [0, 0.1) is 0 Å². The summed E-state index contributed by atoms with van der Waals surface area (Å²) in [7, 11) is 3.79. The third-order valence-electron chi connectivity index (χ3n) is 2.35. The van der Waals surface area contributed by atoms with Crippen LogP contribution < -0.4 is 15.8 Å². The first-order chi connectivity index (χ1) is 9.32. The summed E-state index contributed by atoms with van der Waals surface area (Å²) in [6.45, 7) is 5.05. The second-order valence-electron chi connectivity index (χ2n) is 5.24. The van der Waals surface area contributed by atoms with E-state index in [1.165, 1.54) is 0 Å². The highest BCUT2D eigenvalue weighted by Crippen LogP contribution is 2.11. The maximum Gasteiger partial charge on any atom is 0.323 e. The summed E-state index contributed by atoms with van der Waals surface area (Å²) in [6.07, 6.45) is 0.853. The molecule has 0 radical (unpaired) electrons. The van der Waals surface area contributed by atoms with Crippen LogP contribution in [0.2, 0.25) is 0 Å². The van der Waals surface area contributed by atoms with Crippen molar-refractivity contribution in [3.05, 3.63) is 0 Å². The molecule has 20 heavy (non-hydrogen) atoms. The normalized spacial score (nSPS) is 14.1. The van der Waals surface area contributed by atoms with Crippen LogP contribution in [0.15, 0.2) is 0 Å². The summed E-state index contributed by atoms with van der Waals surface area (Å²) >= 11 is 0. The van der Waals surface area contributed by atoms with Crippen molar-refractivity contribution in [1.29, 1.82) is 0 Å². The van der Waals surface area contributed by atoms with E-state index in [1.54, 1.807) is 6.92 Å². The molecule has 0 spiro atoms. The maximum atomic E-state index is 10.2. The van der Waals surface area contributed by atoms with Gasteiger partial charge in [-0.25, -0.2) is 0 Å². The van der Waals surface area contributed by atoms with Gasteiger partial charge in [0.25, 0.3) is 0 Å². The van der Waals surface area contributed by atoms with Gasteiger partial charge >= 0.3 is 6.01 Å². The fourth-order valence-corrected chi connectivity index (χ4v) is 1.72. The van der Waals surface area contributed by atoms with Crippen molar-refractivity contribution in [2.24, 2.45) is 0 Å². The summed E-state index contributed by atoms with van der Waals surface area (Å²) in [5.74, 6) is 0.378. The third-order valence-corrected chi connectivity index (χ3v) is 2.35. The van der Waals surface area contributed by atoms with Crippen LogP contribution in [0.25, 0.3) is 0 Å². The second kappa shape index (κ2) is 7.20. The van der Waals surface area contributed by atoms with E-state index < -0.39 is 5.60 Å². The third kappa shape index (κ3) is 5.98. The first-order valence-electron chi connectivity index (χ1n) is 6.58. The van der Waals surface area contributed by atoms with Gasteiger partial charge in [-0.3, -0.25) is 0 Å². The highest BCUT2D eigenvalue weighted by atomic mass is 16.5. The molecule has 114 valence electrons. The Morgan fingerprint density at radius 1 is 1.35 bits per heavy atom. The molecule has 0 bridgehead atoms. The SMILES string of the molecule is CCCOc1nc(N)nc(NCC(C)(O)CN(C)C)n1. The van der Waals surface area contributed by atoms with Gasteiger partial charge in [0.15, 0.2) is 0 Å². The van der Waals surface area contributed by atoms with E-state index >= 15 is 0 Å². The predicted molar refractivity (Wildman–Crippen MR) is 77.7 cm³/mol. The molecule has 0 aliphatic heterocycles. The summed E-state index contributed by atoms with van der Waals surface area (Å²) in [5, 5.41) is 13.1. The van der Waals surface area contributed by atoms with Crippen LogP contribution >= 0.6 is 0 Å². The van der Waals surface area contributed by atoms with Gasteiger partial charge in [-0.15, -0.1) is 0 Å². The van der Waals surface area contributed by atoms with Crippen LogP contribution in [0.3, 0.4) is 0 Å². The van der Waals surface area contributed by atoms with E-state index in [2.05, 4.69) is 20.3 Å². The molecule has 0 saturated carbocycles. The number of ether oxygens (including phenoxy) is 1.